The third kappa shape index (κ3) is 4.61. The lowest BCUT2D eigenvalue weighted by molar-refractivity contribution is -0.137. The van der Waals surface area contributed by atoms with E-state index < -0.39 is 41.3 Å². The molecule has 0 radical (unpaired) electrons. The number of benzene rings is 3. The first-order valence-electron chi connectivity index (χ1n) is 10.1. The van der Waals surface area contributed by atoms with Gasteiger partial charge in [-0.3, -0.25) is 14.2 Å². The van der Waals surface area contributed by atoms with E-state index in [9.17, 15) is 31.9 Å². The number of aromatic nitrogens is 2. The number of fused-ring (bicyclic) bond motifs is 1. The molecule has 1 amide bonds. The number of nitrogens with zero attached hydrogens (tertiary/aromatic N) is 2. The van der Waals surface area contributed by atoms with Crippen molar-refractivity contribution >= 4 is 16.8 Å². The lowest BCUT2D eigenvalue weighted by Gasteiger charge is -2.14. The lowest BCUT2D eigenvalue weighted by Crippen LogP contribution is -2.41. The number of amides is 1. The van der Waals surface area contributed by atoms with E-state index in [1.807, 2.05) is 0 Å². The van der Waals surface area contributed by atoms with Gasteiger partial charge >= 0.3 is 11.9 Å². The molecule has 4 aromatic rings. The van der Waals surface area contributed by atoms with Crippen LogP contribution >= 0.6 is 0 Å². The highest BCUT2D eigenvalue weighted by atomic mass is 19.4. The van der Waals surface area contributed by atoms with Gasteiger partial charge in [0.05, 0.1) is 22.2 Å². The molecule has 1 aromatic heterocycles. The van der Waals surface area contributed by atoms with Crippen molar-refractivity contribution < 1.29 is 22.4 Å². The van der Waals surface area contributed by atoms with Crippen molar-refractivity contribution in [3.8, 4) is 5.69 Å². The summed E-state index contributed by atoms with van der Waals surface area (Å²) >= 11 is 0. The maximum absolute atomic E-state index is 13.3. The molecule has 0 unspecified atom stereocenters. The number of hydrogen-bond acceptors (Lipinski definition) is 3. The highest BCUT2D eigenvalue weighted by Gasteiger charge is 2.30. The van der Waals surface area contributed by atoms with Crippen molar-refractivity contribution in [1.82, 2.24) is 14.5 Å². The molecule has 34 heavy (non-hydrogen) atoms. The van der Waals surface area contributed by atoms with Gasteiger partial charge in [-0.15, -0.1) is 0 Å². The largest absolute Gasteiger partial charge is 0.416 e. The fourth-order valence-electron chi connectivity index (χ4n) is 3.55. The van der Waals surface area contributed by atoms with Crippen LogP contribution in [-0.2, 0) is 24.1 Å². The summed E-state index contributed by atoms with van der Waals surface area (Å²) in [5, 5.41) is 2.66. The second-order valence-corrected chi connectivity index (χ2v) is 7.48. The van der Waals surface area contributed by atoms with Crippen molar-refractivity contribution in [3.05, 3.63) is 111 Å². The van der Waals surface area contributed by atoms with E-state index in [4.69, 9.17) is 0 Å². The zero-order valence-corrected chi connectivity index (χ0v) is 17.5. The zero-order chi connectivity index (χ0) is 24.5. The Labute approximate surface area is 189 Å². The highest BCUT2D eigenvalue weighted by Crippen LogP contribution is 2.29. The molecule has 0 spiro atoms. The minimum absolute atomic E-state index is 0.125. The van der Waals surface area contributed by atoms with Crippen LogP contribution in [0.5, 0.6) is 0 Å². The van der Waals surface area contributed by atoms with E-state index >= 15 is 0 Å². The summed E-state index contributed by atoms with van der Waals surface area (Å²) in [5.41, 5.74) is -1.72. The molecule has 4 rings (SSSR count). The second-order valence-electron chi connectivity index (χ2n) is 7.48. The summed E-state index contributed by atoms with van der Waals surface area (Å²) in [5.74, 6) is -1.19. The summed E-state index contributed by atoms with van der Waals surface area (Å²) in [7, 11) is 0. The summed E-state index contributed by atoms with van der Waals surface area (Å²) in [6.07, 6.45) is -4.51. The Morgan fingerprint density at radius 2 is 1.62 bits per heavy atom. The summed E-state index contributed by atoms with van der Waals surface area (Å²) in [4.78, 5) is 38.8. The van der Waals surface area contributed by atoms with E-state index in [1.165, 1.54) is 36.4 Å². The van der Waals surface area contributed by atoms with Gasteiger partial charge in [0.15, 0.2) is 0 Å². The maximum atomic E-state index is 13.3. The van der Waals surface area contributed by atoms with Crippen LogP contribution in [0.1, 0.15) is 11.1 Å². The number of carbonyl (C=O) groups is 1. The SMILES string of the molecule is O=C(Cn1c(=O)n(-c2ccc(F)cc2)c(=O)c2ccccc21)NCc1cccc(C(F)(F)F)c1. The van der Waals surface area contributed by atoms with E-state index in [2.05, 4.69) is 5.32 Å². The third-order valence-corrected chi connectivity index (χ3v) is 5.18. The summed E-state index contributed by atoms with van der Waals surface area (Å²) in [6, 6.07) is 15.5. The molecule has 1 heterocycles. The van der Waals surface area contributed by atoms with Crippen molar-refractivity contribution in [3.63, 3.8) is 0 Å². The van der Waals surface area contributed by atoms with Crippen LogP contribution in [0.4, 0.5) is 17.6 Å². The Kier molecular flexibility index (Phi) is 6.06. The fraction of sp³-hybridized carbons (Fsp3) is 0.125. The highest BCUT2D eigenvalue weighted by molar-refractivity contribution is 5.81. The number of para-hydroxylation sites is 1. The van der Waals surface area contributed by atoms with E-state index in [-0.39, 0.29) is 28.7 Å². The molecule has 3 aromatic carbocycles. The molecule has 174 valence electrons. The van der Waals surface area contributed by atoms with Crippen LogP contribution < -0.4 is 16.6 Å². The monoisotopic (exact) mass is 471 g/mol. The molecule has 0 aliphatic rings. The molecule has 0 atom stereocenters. The zero-order valence-electron chi connectivity index (χ0n) is 17.5. The van der Waals surface area contributed by atoms with Crippen LogP contribution in [0.2, 0.25) is 0 Å². The number of hydrogen-bond donors (Lipinski definition) is 1. The van der Waals surface area contributed by atoms with Crippen LogP contribution in [0, 0.1) is 5.82 Å². The standard InChI is InChI=1S/C24H17F4N3O3/c25-17-8-10-18(11-9-17)31-22(33)19-6-1-2-7-20(19)30(23(31)34)14-21(32)29-13-15-4-3-5-16(12-15)24(26,27)28/h1-12H,13-14H2,(H,29,32). The molecule has 10 heteroatoms. The average Bonchev–Trinajstić information content (AvgIpc) is 2.81. The molecule has 0 fully saturated rings. The van der Waals surface area contributed by atoms with Crippen LogP contribution in [0.15, 0.2) is 82.4 Å². The first-order valence-corrected chi connectivity index (χ1v) is 10.1. The summed E-state index contributed by atoms with van der Waals surface area (Å²) in [6.45, 7) is -0.674. The van der Waals surface area contributed by atoms with Gasteiger partial charge in [-0.05, 0) is 54.1 Å². The van der Waals surface area contributed by atoms with E-state index in [0.29, 0.717) is 0 Å². The smallest absolute Gasteiger partial charge is 0.350 e. The topological polar surface area (TPSA) is 73.1 Å². The number of alkyl halides is 3. The van der Waals surface area contributed by atoms with Gasteiger partial charge < -0.3 is 5.32 Å². The van der Waals surface area contributed by atoms with Crippen molar-refractivity contribution in [1.29, 1.82) is 0 Å². The van der Waals surface area contributed by atoms with Gasteiger partial charge in [-0.1, -0.05) is 24.3 Å². The predicted molar refractivity (Wildman–Crippen MR) is 117 cm³/mol. The van der Waals surface area contributed by atoms with Gasteiger partial charge in [-0.25, -0.2) is 13.8 Å². The molecular weight excluding hydrogens is 454 g/mol. The predicted octanol–water partition coefficient (Wildman–Crippen LogP) is 3.63. The number of nitrogens with one attached hydrogen (secondary N) is 1. The van der Waals surface area contributed by atoms with Crippen molar-refractivity contribution in [2.24, 2.45) is 0 Å². The summed E-state index contributed by atoms with van der Waals surface area (Å²) < 4.78 is 54.0. The van der Waals surface area contributed by atoms with Gasteiger partial charge in [0.25, 0.3) is 5.56 Å². The molecule has 1 N–H and O–H groups in total. The molecule has 0 saturated heterocycles. The first kappa shape index (κ1) is 23.0. The Morgan fingerprint density at radius 1 is 0.912 bits per heavy atom. The van der Waals surface area contributed by atoms with E-state index in [0.717, 1.165) is 33.4 Å². The van der Waals surface area contributed by atoms with Crippen LogP contribution in [0.25, 0.3) is 16.6 Å². The first-order chi connectivity index (χ1) is 16.1. The Balaban J connectivity index is 1.67. The molecule has 0 saturated carbocycles. The van der Waals surface area contributed by atoms with E-state index in [1.54, 1.807) is 12.1 Å². The average molecular weight is 471 g/mol. The number of rotatable bonds is 5. The fourth-order valence-corrected chi connectivity index (χ4v) is 3.55. The second kappa shape index (κ2) is 8.97. The number of halogens is 4. The number of carbonyl (C=O) groups excluding carboxylic acids is 1. The third-order valence-electron chi connectivity index (χ3n) is 5.18. The van der Waals surface area contributed by atoms with Gasteiger partial charge in [0.2, 0.25) is 5.91 Å². The molecule has 0 bridgehead atoms. The lowest BCUT2D eigenvalue weighted by atomic mass is 10.1. The molecular formula is C24H17F4N3O3. The van der Waals surface area contributed by atoms with Crippen LogP contribution in [0.3, 0.4) is 0 Å². The van der Waals surface area contributed by atoms with Gasteiger partial charge in [0, 0.05) is 6.54 Å². The Hall–Kier alpha value is -4.21. The Morgan fingerprint density at radius 3 is 2.32 bits per heavy atom. The van der Waals surface area contributed by atoms with Gasteiger partial charge in [0.1, 0.15) is 12.4 Å². The van der Waals surface area contributed by atoms with Crippen LogP contribution in [-0.4, -0.2) is 15.0 Å². The van der Waals surface area contributed by atoms with Crippen molar-refractivity contribution in [2.75, 3.05) is 0 Å². The minimum Gasteiger partial charge on any atom is -0.350 e. The molecule has 0 aliphatic carbocycles. The van der Waals surface area contributed by atoms with Gasteiger partial charge in [-0.2, -0.15) is 13.2 Å². The Bertz CT molecular complexity index is 1490. The normalized spacial score (nSPS) is 11.5. The maximum Gasteiger partial charge on any atom is 0.416 e. The quantitative estimate of drug-likeness (QED) is 0.452. The molecule has 6 nitrogen and oxygen atoms in total. The molecule has 0 aliphatic heterocycles. The van der Waals surface area contributed by atoms with Crippen molar-refractivity contribution in [2.45, 2.75) is 19.3 Å². The minimum atomic E-state index is -4.51.